The average molecular weight is 344 g/mol. The maximum Gasteiger partial charge on any atom is 0.229 e. The van der Waals surface area contributed by atoms with Crippen molar-refractivity contribution in [3.63, 3.8) is 0 Å². The number of nitrogens with zero attached hydrogens (tertiary/aromatic N) is 1. The molecule has 4 nitrogen and oxygen atoms in total. The van der Waals surface area contributed by atoms with Crippen LogP contribution in [0.1, 0.15) is 28.2 Å². The van der Waals surface area contributed by atoms with Crippen LogP contribution < -0.4 is 5.32 Å². The second-order valence-electron chi connectivity index (χ2n) is 6.40. The Kier molecular flexibility index (Phi) is 5.66. The molecule has 1 aliphatic heterocycles. The van der Waals surface area contributed by atoms with Gasteiger partial charge < -0.3 is 10.4 Å². The number of rotatable bonds is 5. The van der Waals surface area contributed by atoms with Crippen LogP contribution in [-0.4, -0.2) is 35.1 Å². The number of hydrogen-bond donors (Lipinski definition) is 2. The fraction of sp³-hybridized carbons (Fsp3) is 0.421. The molecular weight excluding hydrogens is 320 g/mol. The third kappa shape index (κ3) is 4.66. The van der Waals surface area contributed by atoms with Crippen LogP contribution in [0.15, 0.2) is 36.4 Å². The number of amides is 1. The van der Waals surface area contributed by atoms with Gasteiger partial charge in [0.05, 0.1) is 12.5 Å². The number of likely N-dealkylation sites (tertiary alicyclic amines) is 1. The minimum atomic E-state index is -0.162. The highest BCUT2D eigenvalue weighted by Gasteiger charge is 2.18. The van der Waals surface area contributed by atoms with E-state index >= 15 is 0 Å². The number of anilines is 1. The van der Waals surface area contributed by atoms with Crippen molar-refractivity contribution in [2.75, 3.05) is 18.4 Å². The molecule has 128 valence electrons. The Morgan fingerprint density at radius 3 is 2.71 bits per heavy atom. The first-order chi connectivity index (χ1) is 11.6. The van der Waals surface area contributed by atoms with Crippen molar-refractivity contribution in [1.29, 1.82) is 0 Å². The van der Waals surface area contributed by atoms with E-state index in [9.17, 15) is 9.90 Å². The van der Waals surface area contributed by atoms with Gasteiger partial charge in [0.15, 0.2) is 0 Å². The zero-order valence-electron chi connectivity index (χ0n) is 14.0. The molecular formula is C19H24N2O2S. The number of benzene rings is 1. The number of nitrogens with one attached hydrogen (secondary N) is 1. The van der Waals surface area contributed by atoms with E-state index in [1.54, 1.807) is 11.3 Å². The van der Waals surface area contributed by atoms with Crippen molar-refractivity contribution in [2.24, 2.45) is 0 Å². The Balaban J connectivity index is 1.62. The molecule has 0 unspecified atom stereocenters. The summed E-state index contributed by atoms with van der Waals surface area (Å²) in [5, 5.41) is 12.7. The molecule has 0 saturated carbocycles. The number of carbonyl (C=O) groups excluding carboxylic acids is 1. The quantitative estimate of drug-likeness (QED) is 0.876. The van der Waals surface area contributed by atoms with Crippen LogP contribution in [0.2, 0.25) is 0 Å². The molecule has 1 amide bonds. The van der Waals surface area contributed by atoms with E-state index in [0.717, 1.165) is 48.6 Å². The van der Waals surface area contributed by atoms with Crippen LogP contribution >= 0.6 is 11.3 Å². The Hall–Kier alpha value is -1.69. The average Bonchev–Trinajstić information content (AvgIpc) is 2.96. The van der Waals surface area contributed by atoms with Gasteiger partial charge in [-0.15, -0.1) is 11.3 Å². The number of carbonyl (C=O) groups is 1. The van der Waals surface area contributed by atoms with Gasteiger partial charge in [0.25, 0.3) is 0 Å². The number of aryl methyl sites for hydroxylation is 1. The molecule has 1 aliphatic rings. The van der Waals surface area contributed by atoms with Crippen molar-refractivity contribution < 1.29 is 9.90 Å². The molecule has 1 aromatic heterocycles. The Morgan fingerprint density at radius 1 is 1.25 bits per heavy atom. The molecule has 3 rings (SSSR count). The molecule has 5 heteroatoms. The zero-order valence-corrected chi connectivity index (χ0v) is 14.8. The lowest BCUT2D eigenvalue weighted by molar-refractivity contribution is -0.115. The van der Waals surface area contributed by atoms with Gasteiger partial charge in [0.2, 0.25) is 5.91 Å². The van der Waals surface area contributed by atoms with Crippen molar-refractivity contribution in [3.8, 4) is 0 Å². The number of piperidine rings is 1. The Labute approximate surface area is 147 Å². The topological polar surface area (TPSA) is 52.6 Å². The molecule has 2 N–H and O–H groups in total. The summed E-state index contributed by atoms with van der Waals surface area (Å²) in [6.45, 7) is 4.66. The second-order valence-corrected chi connectivity index (χ2v) is 7.77. The summed E-state index contributed by atoms with van der Waals surface area (Å²) >= 11 is 1.67. The first-order valence-electron chi connectivity index (χ1n) is 8.43. The molecule has 0 spiro atoms. The number of thiophene rings is 1. The largest absolute Gasteiger partial charge is 0.393 e. The molecule has 0 aliphatic carbocycles. The lowest BCUT2D eigenvalue weighted by atomic mass is 10.1. The Morgan fingerprint density at radius 2 is 2.00 bits per heavy atom. The van der Waals surface area contributed by atoms with Crippen molar-refractivity contribution in [1.82, 2.24) is 4.90 Å². The predicted molar refractivity (Wildman–Crippen MR) is 98.3 cm³/mol. The number of para-hydroxylation sites is 1. The monoisotopic (exact) mass is 344 g/mol. The maximum atomic E-state index is 12.3. The van der Waals surface area contributed by atoms with E-state index < -0.39 is 0 Å². The van der Waals surface area contributed by atoms with E-state index in [1.165, 1.54) is 4.88 Å². The minimum absolute atomic E-state index is 0.0263. The summed E-state index contributed by atoms with van der Waals surface area (Å²) in [7, 11) is 0. The molecule has 24 heavy (non-hydrogen) atoms. The minimum Gasteiger partial charge on any atom is -0.393 e. The number of aliphatic hydroxyl groups is 1. The van der Waals surface area contributed by atoms with E-state index in [2.05, 4.69) is 23.2 Å². The maximum absolute atomic E-state index is 12.3. The van der Waals surface area contributed by atoms with E-state index in [-0.39, 0.29) is 12.0 Å². The second kappa shape index (κ2) is 7.92. The van der Waals surface area contributed by atoms with Gasteiger partial charge in [0.1, 0.15) is 0 Å². The predicted octanol–water partition coefficient (Wildman–Crippen LogP) is 3.19. The van der Waals surface area contributed by atoms with Crippen LogP contribution in [0.3, 0.4) is 0 Å². The first-order valence-corrected chi connectivity index (χ1v) is 9.25. The van der Waals surface area contributed by atoms with Gasteiger partial charge in [-0.05, 0) is 43.5 Å². The summed E-state index contributed by atoms with van der Waals surface area (Å²) in [4.78, 5) is 17.0. The highest BCUT2D eigenvalue weighted by atomic mass is 32.1. The van der Waals surface area contributed by atoms with Crippen molar-refractivity contribution in [3.05, 3.63) is 51.7 Å². The van der Waals surface area contributed by atoms with Gasteiger partial charge >= 0.3 is 0 Å². The molecule has 0 atom stereocenters. The van der Waals surface area contributed by atoms with Crippen LogP contribution in [-0.2, 0) is 17.8 Å². The summed E-state index contributed by atoms with van der Waals surface area (Å²) in [6.07, 6.45) is 1.91. The molecule has 2 heterocycles. The number of hydrogen-bond acceptors (Lipinski definition) is 4. The van der Waals surface area contributed by atoms with E-state index in [4.69, 9.17) is 0 Å². The summed E-state index contributed by atoms with van der Waals surface area (Å²) < 4.78 is 0. The standard InChI is InChI=1S/C19H24N2O2S/c1-14-6-7-17(24-14)12-19(23)20-18-5-3-2-4-15(18)13-21-10-8-16(22)9-11-21/h2-7,16,22H,8-13H2,1H3,(H,20,23). The van der Waals surface area contributed by atoms with E-state index in [0.29, 0.717) is 6.42 Å². The molecule has 2 aromatic rings. The fourth-order valence-electron chi connectivity index (χ4n) is 3.03. The molecule has 1 fully saturated rings. The lowest BCUT2D eigenvalue weighted by Crippen LogP contribution is -2.35. The van der Waals surface area contributed by atoms with Crippen molar-refractivity contribution in [2.45, 2.75) is 38.8 Å². The van der Waals surface area contributed by atoms with Gasteiger partial charge in [0, 0.05) is 35.1 Å². The van der Waals surface area contributed by atoms with Gasteiger partial charge in [-0.25, -0.2) is 0 Å². The van der Waals surface area contributed by atoms with Crippen molar-refractivity contribution >= 4 is 22.9 Å². The number of aliphatic hydroxyl groups excluding tert-OH is 1. The third-order valence-corrected chi connectivity index (χ3v) is 5.37. The fourth-order valence-corrected chi connectivity index (χ4v) is 3.92. The zero-order chi connectivity index (χ0) is 16.9. The molecule has 0 bridgehead atoms. The smallest absolute Gasteiger partial charge is 0.229 e. The molecule has 0 radical (unpaired) electrons. The summed E-state index contributed by atoms with van der Waals surface area (Å²) in [6, 6.07) is 12.1. The third-order valence-electron chi connectivity index (χ3n) is 4.37. The van der Waals surface area contributed by atoms with Crippen LogP contribution in [0.4, 0.5) is 5.69 Å². The van der Waals surface area contributed by atoms with Gasteiger partial charge in [-0.3, -0.25) is 9.69 Å². The van der Waals surface area contributed by atoms with Crippen LogP contribution in [0.5, 0.6) is 0 Å². The molecule has 1 saturated heterocycles. The SMILES string of the molecule is Cc1ccc(CC(=O)Nc2ccccc2CN2CCC(O)CC2)s1. The highest BCUT2D eigenvalue weighted by Crippen LogP contribution is 2.21. The summed E-state index contributed by atoms with van der Waals surface area (Å²) in [5.74, 6) is 0.0263. The van der Waals surface area contributed by atoms with Gasteiger partial charge in [-0.1, -0.05) is 18.2 Å². The Bertz CT molecular complexity index is 690. The lowest BCUT2D eigenvalue weighted by Gasteiger charge is -2.30. The van der Waals surface area contributed by atoms with Crippen LogP contribution in [0.25, 0.3) is 0 Å². The van der Waals surface area contributed by atoms with Crippen LogP contribution in [0, 0.1) is 6.92 Å². The normalized spacial score (nSPS) is 16.2. The first kappa shape index (κ1) is 17.1. The van der Waals surface area contributed by atoms with Gasteiger partial charge in [-0.2, -0.15) is 0 Å². The molecule has 1 aromatic carbocycles. The summed E-state index contributed by atoms with van der Waals surface area (Å²) in [5.41, 5.74) is 2.02. The highest BCUT2D eigenvalue weighted by molar-refractivity contribution is 7.12. The van der Waals surface area contributed by atoms with E-state index in [1.807, 2.05) is 30.3 Å².